The van der Waals surface area contributed by atoms with Gasteiger partial charge in [0.05, 0.1) is 12.0 Å². The molecule has 0 radical (unpaired) electrons. The summed E-state index contributed by atoms with van der Waals surface area (Å²) in [6.07, 6.45) is 3.74. The molecule has 0 spiro atoms. The van der Waals surface area contributed by atoms with E-state index in [1.165, 1.54) is 17.6 Å². The quantitative estimate of drug-likeness (QED) is 0.682. The molecule has 2 aromatic heterocycles. The third kappa shape index (κ3) is 3.45. The van der Waals surface area contributed by atoms with Crippen LogP contribution >= 0.6 is 11.3 Å². The summed E-state index contributed by atoms with van der Waals surface area (Å²) in [4.78, 5) is 32.0. The summed E-state index contributed by atoms with van der Waals surface area (Å²) < 4.78 is 5.12. The highest BCUT2D eigenvalue weighted by Crippen LogP contribution is 2.36. The van der Waals surface area contributed by atoms with Crippen LogP contribution in [0.1, 0.15) is 40.8 Å². The number of hydrogen-bond acceptors (Lipinski definition) is 5. The van der Waals surface area contributed by atoms with Gasteiger partial charge in [-0.25, -0.2) is 4.98 Å². The molecule has 144 valence electrons. The van der Waals surface area contributed by atoms with Crippen LogP contribution in [0.3, 0.4) is 0 Å². The number of benzene rings is 1. The van der Waals surface area contributed by atoms with Crippen molar-refractivity contribution in [2.45, 2.75) is 33.1 Å². The summed E-state index contributed by atoms with van der Waals surface area (Å²) in [6.45, 7) is 4.74. The predicted octanol–water partition coefficient (Wildman–Crippen LogP) is 4.65. The van der Waals surface area contributed by atoms with Crippen LogP contribution in [0.2, 0.25) is 0 Å². The summed E-state index contributed by atoms with van der Waals surface area (Å²) in [5.41, 5.74) is 4.01. The van der Waals surface area contributed by atoms with Crippen molar-refractivity contribution in [2.24, 2.45) is 0 Å². The molecular formula is C21H21N3O3S. The molecule has 4 rings (SSSR count). The molecule has 2 amide bonds. The van der Waals surface area contributed by atoms with E-state index in [0.717, 1.165) is 46.8 Å². The third-order valence-electron chi connectivity index (χ3n) is 4.78. The minimum atomic E-state index is -0.315. The molecule has 0 aliphatic carbocycles. The van der Waals surface area contributed by atoms with Crippen LogP contribution in [0.15, 0.2) is 41.0 Å². The maximum absolute atomic E-state index is 12.3. The zero-order valence-electron chi connectivity index (χ0n) is 15.8. The second kappa shape index (κ2) is 7.59. The van der Waals surface area contributed by atoms with Crippen molar-refractivity contribution < 1.29 is 14.0 Å². The molecule has 0 bridgehead atoms. The van der Waals surface area contributed by atoms with Crippen molar-refractivity contribution in [2.75, 3.05) is 16.8 Å². The highest BCUT2D eigenvalue weighted by Gasteiger charge is 2.25. The largest absolute Gasteiger partial charge is 0.459 e. The van der Waals surface area contributed by atoms with Gasteiger partial charge < -0.3 is 9.32 Å². The summed E-state index contributed by atoms with van der Waals surface area (Å²) in [6, 6.07) is 9.39. The average molecular weight is 395 g/mol. The van der Waals surface area contributed by atoms with E-state index in [0.29, 0.717) is 11.6 Å². The van der Waals surface area contributed by atoms with Gasteiger partial charge in [0.2, 0.25) is 5.91 Å². The number of carbonyl (C=O) groups is 2. The summed E-state index contributed by atoms with van der Waals surface area (Å²) in [5.74, 6) is 0.120. The van der Waals surface area contributed by atoms with E-state index in [1.54, 1.807) is 12.1 Å². The molecule has 1 aromatic carbocycles. The molecule has 1 aliphatic heterocycles. The topological polar surface area (TPSA) is 75.4 Å². The highest BCUT2D eigenvalue weighted by molar-refractivity contribution is 7.16. The van der Waals surface area contributed by atoms with Gasteiger partial charge in [-0.2, -0.15) is 0 Å². The highest BCUT2D eigenvalue weighted by atomic mass is 32.1. The van der Waals surface area contributed by atoms with E-state index >= 15 is 0 Å². The molecule has 0 saturated carbocycles. The van der Waals surface area contributed by atoms with Gasteiger partial charge in [0.1, 0.15) is 0 Å². The maximum Gasteiger partial charge on any atom is 0.293 e. The summed E-state index contributed by atoms with van der Waals surface area (Å²) in [5, 5.41) is 3.32. The lowest BCUT2D eigenvalue weighted by Gasteiger charge is -2.17. The van der Waals surface area contributed by atoms with Crippen LogP contribution in [0.25, 0.3) is 11.3 Å². The Balaban J connectivity index is 1.56. The molecule has 1 N–H and O–H groups in total. The number of thiazole rings is 1. The second-order valence-corrected chi connectivity index (χ2v) is 7.95. The van der Waals surface area contributed by atoms with E-state index in [4.69, 9.17) is 4.42 Å². The van der Waals surface area contributed by atoms with Crippen molar-refractivity contribution in [3.8, 4) is 11.3 Å². The van der Waals surface area contributed by atoms with Gasteiger partial charge in [-0.1, -0.05) is 13.0 Å². The smallest absolute Gasteiger partial charge is 0.293 e. The van der Waals surface area contributed by atoms with Crippen molar-refractivity contribution in [1.29, 1.82) is 0 Å². The maximum atomic E-state index is 12.3. The van der Waals surface area contributed by atoms with Crippen molar-refractivity contribution in [1.82, 2.24) is 4.98 Å². The summed E-state index contributed by atoms with van der Waals surface area (Å²) >= 11 is 1.43. The van der Waals surface area contributed by atoms with Crippen molar-refractivity contribution in [3.05, 3.63) is 52.8 Å². The molecule has 0 unspecified atom stereocenters. The standard InChI is InChI=1S/C21H21N3O3S/c1-3-5-18(25)24-10-9-14-12-15(7-8-16(14)24)19-13(2)28-21(22-19)23-20(26)17-6-4-11-27-17/h4,6-8,11-12H,3,5,9-10H2,1-2H3,(H,22,23,26). The van der Waals surface area contributed by atoms with Crippen LogP contribution in [-0.4, -0.2) is 23.3 Å². The van der Waals surface area contributed by atoms with Crippen LogP contribution in [-0.2, 0) is 11.2 Å². The van der Waals surface area contributed by atoms with Crippen LogP contribution in [0.4, 0.5) is 10.8 Å². The van der Waals surface area contributed by atoms with Gasteiger partial charge in [0, 0.05) is 29.1 Å². The van der Waals surface area contributed by atoms with Gasteiger partial charge in [-0.05, 0) is 49.6 Å². The summed E-state index contributed by atoms with van der Waals surface area (Å²) in [7, 11) is 0. The van der Waals surface area contributed by atoms with E-state index in [9.17, 15) is 9.59 Å². The molecule has 0 fully saturated rings. The Morgan fingerprint density at radius 2 is 2.18 bits per heavy atom. The van der Waals surface area contributed by atoms with E-state index < -0.39 is 0 Å². The third-order valence-corrected chi connectivity index (χ3v) is 5.66. The number of aromatic nitrogens is 1. The number of hydrogen-bond donors (Lipinski definition) is 1. The van der Waals surface area contributed by atoms with E-state index in [2.05, 4.69) is 16.4 Å². The molecule has 7 heteroatoms. The number of aryl methyl sites for hydroxylation is 1. The SMILES string of the molecule is CCCC(=O)N1CCc2cc(-c3nc(NC(=O)c4ccco4)sc3C)ccc21. The van der Waals surface area contributed by atoms with Crippen LogP contribution in [0.5, 0.6) is 0 Å². The van der Waals surface area contributed by atoms with Gasteiger partial charge >= 0.3 is 0 Å². The Morgan fingerprint density at radius 3 is 2.93 bits per heavy atom. The van der Waals surface area contributed by atoms with Crippen molar-refractivity contribution in [3.63, 3.8) is 0 Å². The van der Waals surface area contributed by atoms with Crippen molar-refractivity contribution >= 4 is 34.0 Å². The minimum absolute atomic E-state index is 0.182. The molecule has 6 nitrogen and oxygen atoms in total. The van der Waals surface area contributed by atoms with Gasteiger partial charge in [-0.15, -0.1) is 11.3 Å². The molecule has 3 aromatic rings. The Labute approximate surface area is 167 Å². The molecule has 0 saturated heterocycles. The zero-order chi connectivity index (χ0) is 19.7. The fraction of sp³-hybridized carbons (Fsp3) is 0.286. The van der Waals surface area contributed by atoms with Gasteiger partial charge in [0.15, 0.2) is 10.9 Å². The van der Waals surface area contributed by atoms with E-state index in [-0.39, 0.29) is 17.6 Å². The molecule has 28 heavy (non-hydrogen) atoms. The fourth-order valence-corrected chi connectivity index (χ4v) is 4.27. The van der Waals surface area contributed by atoms with Gasteiger partial charge in [-0.3, -0.25) is 14.9 Å². The number of rotatable bonds is 5. The predicted molar refractivity (Wildman–Crippen MR) is 110 cm³/mol. The average Bonchev–Trinajstić information content (AvgIpc) is 3.41. The number of furan rings is 1. The first-order chi connectivity index (χ1) is 13.6. The Hall–Kier alpha value is -2.93. The lowest BCUT2D eigenvalue weighted by molar-refractivity contribution is -0.118. The monoisotopic (exact) mass is 395 g/mol. The minimum Gasteiger partial charge on any atom is -0.459 e. The Kier molecular flexibility index (Phi) is 5.00. The zero-order valence-corrected chi connectivity index (χ0v) is 16.6. The molecule has 0 atom stereocenters. The normalized spacial score (nSPS) is 12.9. The lowest BCUT2D eigenvalue weighted by atomic mass is 10.1. The Morgan fingerprint density at radius 1 is 1.32 bits per heavy atom. The number of anilines is 2. The number of carbonyl (C=O) groups excluding carboxylic acids is 2. The fourth-order valence-electron chi connectivity index (χ4n) is 3.44. The number of nitrogens with one attached hydrogen (secondary N) is 1. The number of amides is 2. The molecule has 3 heterocycles. The van der Waals surface area contributed by atoms with Crippen LogP contribution < -0.4 is 10.2 Å². The number of fused-ring (bicyclic) bond motifs is 1. The Bertz CT molecular complexity index is 1020. The second-order valence-electron chi connectivity index (χ2n) is 6.74. The lowest BCUT2D eigenvalue weighted by Crippen LogP contribution is -2.28. The van der Waals surface area contributed by atoms with Gasteiger partial charge in [0.25, 0.3) is 5.91 Å². The first-order valence-corrected chi connectivity index (χ1v) is 10.1. The first-order valence-electron chi connectivity index (χ1n) is 9.32. The van der Waals surface area contributed by atoms with E-state index in [1.807, 2.05) is 30.9 Å². The number of nitrogens with zero attached hydrogens (tertiary/aromatic N) is 2. The van der Waals surface area contributed by atoms with Crippen LogP contribution in [0, 0.1) is 6.92 Å². The first kappa shape index (κ1) is 18.4. The molecular weight excluding hydrogens is 374 g/mol. The molecule has 1 aliphatic rings.